The number of carbonyl (C=O) groups is 2. The molecule has 1 saturated carbocycles. The lowest BCUT2D eigenvalue weighted by molar-refractivity contribution is -0.140. The summed E-state index contributed by atoms with van der Waals surface area (Å²) >= 11 is 0. The van der Waals surface area contributed by atoms with Gasteiger partial charge >= 0.3 is 5.97 Å². The van der Waals surface area contributed by atoms with Gasteiger partial charge in [-0.2, -0.15) is 4.72 Å². The van der Waals surface area contributed by atoms with Gasteiger partial charge in [-0.15, -0.1) is 0 Å². The number of aliphatic carboxylic acids is 1. The molecule has 1 amide bonds. The monoisotopic (exact) mass is 414 g/mol. The zero-order valence-corrected chi connectivity index (χ0v) is 14.8. The Morgan fingerprint density at radius 2 is 1.61 bits per heavy atom. The summed E-state index contributed by atoms with van der Waals surface area (Å²) in [5, 5.41) is 11.3. The molecule has 3 rings (SSSR count). The molecular formula is C17H13F3N2O5S. The molecule has 11 heteroatoms. The Hall–Kier alpha value is -2.92. The highest BCUT2D eigenvalue weighted by Gasteiger charge is 2.53. The molecule has 1 fully saturated rings. The van der Waals surface area contributed by atoms with Crippen LogP contribution in [0.15, 0.2) is 41.3 Å². The van der Waals surface area contributed by atoms with E-state index in [4.69, 9.17) is 5.11 Å². The van der Waals surface area contributed by atoms with Gasteiger partial charge in [0.2, 0.25) is 10.0 Å². The number of carboxylic acid groups (broad SMARTS) is 1. The van der Waals surface area contributed by atoms with Crippen molar-refractivity contribution in [2.24, 2.45) is 0 Å². The first-order valence-electron chi connectivity index (χ1n) is 7.87. The van der Waals surface area contributed by atoms with Gasteiger partial charge < -0.3 is 10.4 Å². The minimum atomic E-state index is -4.57. The summed E-state index contributed by atoms with van der Waals surface area (Å²) in [6.07, 6.45) is 0.110. The van der Waals surface area contributed by atoms with Crippen LogP contribution in [0, 0.1) is 17.5 Å². The molecule has 1 aliphatic rings. The summed E-state index contributed by atoms with van der Waals surface area (Å²) in [7, 11) is -4.57. The summed E-state index contributed by atoms with van der Waals surface area (Å²) in [6, 6.07) is 5.05. The van der Waals surface area contributed by atoms with Crippen LogP contribution in [0.5, 0.6) is 0 Å². The van der Waals surface area contributed by atoms with Crippen LogP contribution >= 0.6 is 0 Å². The van der Waals surface area contributed by atoms with Gasteiger partial charge in [0.15, 0.2) is 11.6 Å². The van der Waals surface area contributed by atoms with Crippen LogP contribution in [0.25, 0.3) is 0 Å². The molecule has 0 heterocycles. The Bertz CT molecular complexity index is 1080. The van der Waals surface area contributed by atoms with E-state index in [-0.39, 0.29) is 24.1 Å². The quantitative estimate of drug-likeness (QED) is 0.671. The molecule has 1 aliphatic carbocycles. The van der Waals surface area contributed by atoms with Crippen molar-refractivity contribution in [2.75, 3.05) is 5.32 Å². The molecule has 0 atom stereocenters. The largest absolute Gasteiger partial charge is 0.480 e. The molecule has 148 valence electrons. The Balaban J connectivity index is 1.87. The minimum Gasteiger partial charge on any atom is -0.480 e. The van der Waals surface area contributed by atoms with E-state index in [1.54, 1.807) is 0 Å². The second-order valence-corrected chi connectivity index (χ2v) is 7.87. The van der Waals surface area contributed by atoms with Crippen molar-refractivity contribution in [1.29, 1.82) is 0 Å². The molecule has 0 aliphatic heterocycles. The van der Waals surface area contributed by atoms with Crippen LogP contribution in [0.4, 0.5) is 18.9 Å². The lowest BCUT2D eigenvalue weighted by atomic mass is 10.2. The number of carbonyl (C=O) groups excluding carboxylic acids is 1. The highest BCUT2D eigenvalue weighted by atomic mass is 32.2. The summed E-state index contributed by atoms with van der Waals surface area (Å²) in [4.78, 5) is 22.5. The molecule has 0 unspecified atom stereocenters. The van der Waals surface area contributed by atoms with Gasteiger partial charge in [-0.05, 0) is 43.2 Å². The number of benzene rings is 2. The van der Waals surface area contributed by atoms with Gasteiger partial charge in [0.05, 0.1) is 0 Å². The molecule has 2 aromatic rings. The Labute approximate surface area is 157 Å². The molecule has 3 N–H and O–H groups in total. The number of sulfonamides is 1. The summed E-state index contributed by atoms with van der Waals surface area (Å²) in [5.41, 5.74) is -2.07. The molecule has 0 radical (unpaired) electrons. The van der Waals surface area contributed by atoms with Crippen LogP contribution < -0.4 is 10.0 Å². The van der Waals surface area contributed by atoms with E-state index in [0.717, 1.165) is 36.4 Å². The first-order chi connectivity index (χ1) is 13.0. The van der Waals surface area contributed by atoms with Crippen molar-refractivity contribution < 1.29 is 36.3 Å². The number of halogens is 3. The molecule has 0 spiro atoms. The Kier molecular flexibility index (Phi) is 4.90. The fourth-order valence-corrected chi connectivity index (χ4v) is 3.95. The van der Waals surface area contributed by atoms with E-state index in [9.17, 15) is 31.2 Å². The average Bonchev–Trinajstić information content (AvgIpc) is 3.38. The predicted molar refractivity (Wildman–Crippen MR) is 90.6 cm³/mol. The molecule has 28 heavy (non-hydrogen) atoms. The maximum atomic E-state index is 14.1. The van der Waals surface area contributed by atoms with Gasteiger partial charge in [-0.1, -0.05) is 0 Å². The van der Waals surface area contributed by atoms with Crippen LogP contribution in [-0.4, -0.2) is 30.9 Å². The summed E-state index contributed by atoms with van der Waals surface area (Å²) < 4.78 is 66.9. The Morgan fingerprint density at radius 1 is 0.964 bits per heavy atom. The van der Waals surface area contributed by atoms with Crippen molar-refractivity contribution in [1.82, 2.24) is 4.72 Å². The van der Waals surface area contributed by atoms with Gasteiger partial charge in [0.25, 0.3) is 5.91 Å². The number of hydrogen-bond donors (Lipinski definition) is 3. The standard InChI is InChI=1S/C17H13F3N2O5S/c18-11-4-2-10(8-13(11)20)21-15(23)9-1-3-12(19)14(7-9)28(26,27)22-17(5-6-17)16(24)25/h1-4,7-8,22H,5-6H2,(H,21,23)(H,24,25). The molecular weight excluding hydrogens is 401 g/mol. The molecule has 0 bridgehead atoms. The maximum Gasteiger partial charge on any atom is 0.324 e. The van der Waals surface area contributed by atoms with Gasteiger partial charge in [0.1, 0.15) is 16.3 Å². The topological polar surface area (TPSA) is 113 Å². The minimum absolute atomic E-state index is 0.0550. The van der Waals surface area contributed by atoms with E-state index >= 15 is 0 Å². The third-order valence-electron chi connectivity index (χ3n) is 4.15. The maximum absolute atomic E-state index is 14.1. The van der Waals surface area contributed by atoms with Crippen molar-refractivity contribution in [3.8, 4) is 0 Å². The molecule has 0 aromatic heterocycles. The zero-order valence-electron chi connectivity index (χ0n) is 14.0. The summed E-state index contributed by atoms with van der Waals surface area (Å²) in [6.45, 7) is 0. The number of hydrogen-bond acceptors (Lipinski definition) is 4. The van der Waals surface area contributed by atoms with Gasteiger partial charge in [-0.3, -0.25) is 9.59 Å². The third kappa shape index (κ3) is 3.85. The number of carboxylic acids is 1. The first-order valence-corrected chi connectivity index (χ1v) is 9.36. The SMILES string of the molecule is O=C(Nc1ccc(F)c(F)c1)c1ccc(F)c(S(=O)(=O)NC2(C(=O)O)CC2)c1. The van der Waals surface area contributed by atoms with Crippen LogP contribution in [0.3, 0.4) is 0 Å². The highest BCUT2D eigenvalue weighted by molar-refractivity contribution is 7.89. The van der Waals surface area contributed by atoms with Gasteiger partial charge in [0, 0.05) is 17.3 Å². The number of nitrogens with one attached hydrogen (secondary N) is 2. The normalized spacial score (nSPS) is 15.1. The Morgan fingerprint density at radius 3 is 2.18 bits per heavy atom. The average molecular weight is 414 g/mol. The first kappa shape index (κ1) is 19.8. The van der Waals surface area contributed by atoms with Crippen LogP contribution in [0.1, 0.15) is 23.2 Å². The fourth-order valence-electron chi connectivity index (χ4n) is 2.42. The lowest BCUT2D eigenvalue weighted by Gasteiger charge is -2.14. The predicted octanol–water partition coefficient (Wildman–Crippen LogP) is 2.25. The lowest BCUT2D eigenvalue weighted by Crippen LogP contribution is -2.43. The second-order valence-electron chi connectivity index (χ2n) is 6.22. The van der Waals surface area contributed by atoms with Crippen molar-refractivity contribution in [3.05, 3.63) is 59.4 Å². The molecule has 2 aromatic carbocycles. The number of rotatable bonds is 6. The van der Waals surface area contributed by atoms with Crippen LogP contribution in [0.2, 0.25) is 0 Å². The second kappa shape index (κ2) is 6.91. The van der Waals surface area contributed by atoms with Crippen LogP contribution in [-0.2, 0) is 14.8 Å². The number of amides is 1. The van der Waals surface area contributed by atoms with E-state index in [1.165, 1.54) is 0 Å². The van der Waals surface area contributed by atoms with Crippen molar-refractivity contribution in [2.45, 2.75) is 23.3 Å². The van der Waals surface area contributed by atoms with Gasteiger partial charge in [-0.25, -0.2) is 21.6 Å². The van der Waals surface area contributed by atoms with E-state index < -0.39 is 49.8 Å². The van der Waals surface area contributed by atoms with Crippen molar-refractivity contribution in [3.63, 3.8) is 0 Å². The fraction of sp³-hybridized carbons (Fsp3) is 0.176. The van der Waals surface area contributed by atoms with Crippen molar-refractivity contribution >= 4 is 27.6 Å². The summed E-state index contributed by atoms with van der Waals surface area (Å²) in [5.74, 6) is -5.79. The smallest absolute Gasteiger partial charge is 0.324 e. The third-order valence-corrected chi connectivity index (χ3v) is 5.70. The van der Waals surface area contributed by atoms with E-state index in [0.29, 0.717) is 0 Å². The zero-order chi connectivity index (χ0) is 20.7. The van der Waals surface area contributed by atoms with E-state index in [2.05, 4.69) is 5.32 Å². The molecule has 0 saturated heterocycles. The molecule has 7 nitrogen and oxygen atoms in total. The highest BCUT2D eigenvalue weighted by Crippen LogP contribution is 2.37. The number of anilines is 1. The van der Waals surface area contributed by atoms with E-state index in [1.807, 2.05) is 4.72 Å².